The minimum absolute atomic E-state index is 0.00786. The Labute approximate surface area is 101 Å². The smallest absolute Gasteiger partial charge is 0.392 e. The van der Waals surface area contributed by atoms with Crippen LogP contribution in [0.3, 0.4) is 0 Å². The second-order valence-corrected chi connectivity index (χ2v) is 4.41. The zero-order valence-electron chi connectivity index (χ0n) is 9.41. The first kappa shape index (κ1) is 12.9. The molecule has 0 radical (unpaired) electrons. The van der Waals surface area contributed by atoms with E-state index in [-0.39, 0.29) is 18.6 Å². The summed E-state index contributed by atoms with van der Waals surface area (Å²) in [4.78, 5) is 14.4. The normalized spacial score (nSPS) is 25.1. The number of aromatic carboxylic acids is 1. The quantitative estimate of drug-likeness (QED) is 0.889. The third kappa shape index (κ3) is 2.34. The number of halogens is 3. The Hall–Kier alpha value is -1.53. The Morgan fingerprint density at radius 2 is 2.06 bits per heavy atom. The molecule has 1 aromatic heterocycles. The van der Waals surface area contributed by atoms with Gasteiger partial charge in [-0.05, 0) is 12.8 Å². The predicted molar refractivity (Wildman–Crippen MR) is 54.2 cm³/mol. The van der Waals surface area contributed by atoms with Gasteiger partial charge in [-0.15, -0.1) is 0 Å². The van der Waals surface area contributed by atoms with E-state index in [2.05, 4.69) is 4.98 Å². The summed E-state index contributed by atoms with van der Waals surface area (Å²) in [5.41, 5.74) is -0.406. The molecule has 0 amide bonds. The molecule has 1 aliphatic carbocycles. The average molecular weight is 263 g/mol. The molecule has 1 aromatic rings. The van der Waals surface area contributed by atoms with E-state index in [1.807, 2.05) is 0 Å². The highest BCUT2D eigenvalue weighted by atomic mass is 19.4. The zero-order chi connectivity index (χ0) is 13.3. The van der Waals surface area contributed by atoms with Crippen molar-refractivity contribution in [2.45, 2.75) is 37.8 Å². The van der Waals surface area contributed by atoms with Crippen molar-refractivity contribution in [2.24, 2.45) is 5.92 Å². The van der Waals surface area contributed by atoms with E-state index in [1.54, 1.807) is 0 Å². The molecule has 0 spiro atoms. The van der Waals surface area contributed by atoms with Gasteiger partial charge in [0, 0.05) is 5.92 Å². The number of hydrogen-bond donors (Lipinski definition) is 1. The van der Waals surface area contributed by atoms with Gasteiger partial charge in [0.25, 0.3) is 0 Å². The lowest BCUT2D eigenvalue weighted by molar-refractivity contribution is -0.188. The first-order chi connectivity index (χ1) is 8.41. The van der Waals surface area contributed by atoms with Crippen LogP contribution in [0, 0.1) is 5.92 Å². The molecule has 2 rings (SSSR count). The average Bonchev–Trinajstić information content (AvgIpc) is 2.76. The molecular formula is C11H12F3NO3. The molecule has 1 saturated carbocycles. The Morgan fingerprint density at radius 3 is 2.67 bits per heavy atom. The molecule has 0 aliphatic heterocycles. The van der Waals surface area contributed by atoms with Gasteiger partial charge >= 0.3 is 12.1 Å². The van der Waals surface area contributed by atoms with Crippen molar-refractivity contribution in [1.29, 1.82) is 0 Å². The van der Waals surface area contributed by atoms with Crippen LogP contribution in [0.25, 0.3) is 0 Å². The summed E-state index contributed by atoms with van der Waals surface area (Å²) in [6, 6.07) is 0. The molecule has 1 aliphatic rings. The zero-order valence-corrected chi connectivity index (χ0v) is 9.41. The number of carboxylic acid groups (broad SMARTS) is 1. The lowest BCUT2D eigenvalue weighted by Crippen LogP contribution is -2.32. The molecule has 0 saturated heterocycles. The monoisotopic (exact) mass is 263 g/mol. The number of rotatable bonds is 2. The van der Waals surface area contributed by atoms with Crippen molar-refractivity contribution in [3.8, 4) is 0 Å². The fourth-order valence-electron chi connectivity index (χ4n) is 2.52. The highest BCUT2D eigenvalue weighted by Gasteiger charge is 2.48. The predicted octanol–water partition coefficient (Wildman–Crippen LogP) is 3.21. The number of alkyl halides is 3. The van der Waals surface area contributed by atoms with Crippen LogP contribution in [-0.2, 0) is 0 Å². The molecule has 4 nitrogen and oxygen atoms in total. The van der Waals surface area contributed by atoms with Crippen LogP contribution in [-0.4, -0.2) is 22.2 Å². The van der Waals surface area contributed by atoms with Crippen molar-refractivity contribution in [3.63, 3.8) is 0 Å². The van der Waals surface area contributed by atoms with E-state index < -0.39 is 29.7 Å². The first-order valence-electron chi connectivity index (χ1n) is 5.64. The fraction of sp³-hybridized carbons (Fsp3) is 0.636. The molecule has 0 bridgehead atoms. The summed E-state index contributed by atoms with van der Waals surface area (Å²) in [7, 11) is 0. The van der Waals surface area contributed by atoms with Crippen molar-refractivity contribution in [3.05, 3.63) is 17.8 Å². The van der Waals surface area contributed by atoms with E-state index in [0.717, 1.165) is 6.39 Å². The highest BCUT2D eigenvalue weighted by Crippen LogP contribution is 2.47. The van der Waals surface area contributed by atoms with Crippen LogP contribution in [0.15, 0.2) is 10.8 Å². The van der Waals surface area contributed by atoms with Gasteiger partial charge in [-0.2, -0.15) is 13.2 Å². The van der Waals surface area contributed by atoms with Gasteiger partial charge in [0.05, 0.1) is 5.92 Å². The number of carbonyl (C=O) groups is 1. The van der Waals surface area contributed by atoms with E-state index >= 15 is 0 Å². The summed E-state index contributed by atoms with van der Waals surface area (Å²) in [5, 5.41) is 8.87. The van der Waals surface area contributed by atoms with Crippen molar-refractivity contribution in [2.75, 3.05) is 0 Å². The van der Waals surface area contributed by atoms with E-state index in [9.17, 15) is 18.0 Å². The van der Waals surface area contributed by atoms with Gasteiger partial charge in [-0.25, -0.2) is 9.78 Å². The molecular weight excluding hydrogens is 251 g/mol. The molecule has 2 unspecified atom stereocenters. The number of aromatic nitrogens is 1. The third-order valence-corrected chi connectivity index (χ3v) is 3.32. The summed E-state index contributed by atoms with van der Waals surface area (Å²) >= 11 is 0. The molecule has 1 heterocycles. The van der Waals surface area contributed by atoms with Crippen LogP contribution < -0.4 is 0 Å². The molecule has 18 heavy (non-hydrogen) atoms. The molecule has 1 N–H and O–H groups in total. The third-order valence-electron chi connectivity index (χ3n) is 3.32. The Morgan fingerprint density at radius 1 is 1.39 bits per heavy atom. The molecule has 0 aromatic carbocycles. The summed E-state index contributed by atoms with van der Waals surface area (Å²) in [6.07, 6.45) is -2.03. The number of nitrogens with zero attached hydrogens (tertiary/aromatic N) is 1. The minimum Gasteiger partial charge on any atom is -0.476 e. The topological polar surface area (TPSA) is 63.3 Å². The van der Waals surface area contributed by atoms with Crippen molar-refractivity contribution < 1.29 is 27.5 Å². The summed E-state index contributed by atoms with van der Waals surface area (Å²) in [6.45, 7) is 0. The number of oxazole rings is 1. The summed E-state index contributed by atoms with van der Waals surface area (Å²) in [5.74, 6) is -3.99. The van der Waals surface area contributed by atoms with Crippen LogP contribution in [0.1, 0.15) is 47.8 Å². The van der Waals surface area contributed by atoms with Gasteiger partial charge in [0.15, 0.2) is 12.1 Å². The van der Waals surface area contributed by atoms with Crippen molar-refractivity contribution in [1.82, 2.24) is 4.98 Å². The SMILES string of the molecule is O=C(O)c1ncoc1C1CCCCC1C(F)(F)F. The second kappa shape index (κ2) is 4.62. The first-order valence-corrected chi connectivity index (χ1v) is 5.64. The maximum atomic E-state index is 12.9. The fourth-order valence-corrected chi connectivity index (χ4v) is 2.52. The van der Waals surface area contributed by atoms with Gasteiger partial charge in [0.1, 0.15) is 5.76 Å². The lowest BCUT2D eigenvalue weighted by atomic mass is 9.77. The number of carboxylic acids is 1. The second-order valence-electron chi connectivity index (χ2n) is 4.41. The highest BCUT2D eigenvalue weighted by molar-refractivity contribution is 5.86. The van der Waals surface area contributed by atoms with Crippen LogP contribution in [0.5, 0.6) is 0 Å². The standard InChI is InChI=1S/C11H12F3NO3/c12-11(13,14)7-4-2-1-3-6(7)9-8(10(16)17)15-5-18-9/h5-7H,1-4H2,(H,16,17). The number of hydrogen-bond acceptors (Lipinski definition) is 3. The van der Waals surface area contributed by atoms with E-state index in [0.29, 0.717) is 12.8 Å². The Kier molecular flexibility index (Phi) is 3.32. The summed E-state index contributed by atoms with van der Waals surface area (Å²) < 4.78 is 43.6. The van der Waals surface area contributed by atoms with Crippen LogP contribution in [0.2, 0.25) is 0 Å². The van der Waals surface area contributed by atoms with Crippen molar-refractivity contribution >= 4 is 5.97 Å². The van der Waals surface area contributed by atoms with Gasteiger partial charge in [-0.3, -0.25) is 0 Å². The van der Waals surface area contributed by atoms with E-state index in [4.69, 9.17) is 9.52 Å². The Bertz CT molecular complexity index is 441. The van der Waals surface area contributed by atoms with Crippen LogP contribution >= 0.6 is 0 Å². The largest absolute Gasteiger partial charge is 0.476 e. The maximum absolute atomic E-state index is 12.9. The lowest BCUT2D eigenvalue weighted by Gasteiger charge is -2.31. The molecule has 1 fully saturated rings. The molecule has 100 valence electrons. The molecule has 7 heteroatoms. The van der Waals surface area contributed by atoms with Gasteiger partial charge in [-0.1, -0.05) is 12.8 Å². The van der Waals surface area contributed by atoms with Crippen LogP contribution in [0.4, 0.5) is 13.2 Å². The Balaban J connectivity index is 2.34. The van der Waals surface area contributed by atoms with Gasteiger partial charge in [0.2, 0.25) is 0 Å². The van der Waals surface area contributed by atoms with Gasteiger partial charge < -0.3 is 9.52 Å². The minimum atomic E-state index is -4.34. The maximum Gasteiger partial charge on any atom is 0.392 e. The van der Waals surface area contributed by atoms with E-state index in [1.165, 1.54) is 0 Å². The molecule has 2 atom stereocenters.